The summed E-state index contributed by atoms with van der Waals surface area (Å²) in [6.07, 6.45) is -0.0439. The highest BCUT2D eigenvalue weighted by atomic mass is 35.5. The number of carbonyl (C=O) groups is 2. The van der Waals surface area contributed by atoms with Gasteiger partial charge in [0.15, 0.2) is 17.3 Å². The van der Waals surface area contributed by atoms with Gasteiger partial charge in [-0.05, 0) is 54.1 Å². The summed E-state index contributed by atoms with van der Waals surface area (Å²) < 4.78 is 21.6. The zero-order valence-corrected chi connectivity index (χ0v) is 18.9. The average Bonchev–Trinajstić information content (AvgIpc) is 2.82. The molecule has 0 aromatic heterocycles. The summed E-state index contributed by atoms with van der Waals surface area (Å²) in [5.41, 5.74) is 1.43. The highest BCUT2D eigenvalue weighted by Crippen LogP contribution is 2.48. The van der Waals surface area contributed by atoms with E-state index in [1.54, 1.807) is 36.4 Å². The Bertz CT molecular complexity index is 1210. The molecule has 0 amide bonds. The van der Waals surface area contributed by atoms with E-state index >= 15 is 0 Å². The van der Waals surface area contributed by atoms with E-state index in [4.69, 9.17) is 30.5 Å². The molecule has 1 atom stereocenters. The van der Waals surface area contributed by atoms with Crippen molar-refractivity contribution in [2.75, 3.05) is 21.3 Å². The number of halogens is 1. The molecular formula is C25H21ClO7. The van der Waals surface area contributed by atoms with Gasteiger partial charge in [0.1, 0.15) is 11.5 Å². The molecule has 33 heavy (non-hydrogen) atoms. The fraction of sp³-hybridized carbons (Fsp3) is 0.200. The molecule has 3 aromatic carbocycles. The summed E-state index contributed by atoms with van der Waals surface area (Å²) in [5.74, 6) is -0.301. The lowest BCUT2D eigenvalue weighted by Gasteiger charge is -2.27. The molecule has 1 N–H and O–H groups in total. The van der Waals surface area contributed by atoms with E-state index in [-0.39, 0.29) is 29.3 Å². The van der Waals surface area contributed by atoms with Gasteiger partial charge in [0, 0.05) is 22.1 Å². The molecule has 0 bridgehead atoms. The molecule has 7 nitrogen and oxygen atoms in total. The van der Waals surface area contributed by atoms with Crippen molar-refractivity contribution in [2.45, 2.75) is 12.3 Å². The van der Waals surface area contributed by atoms with Crippen molar-refractivity contribution in [1.29, 1.82) is 0 Å². The quantitative estimate of drug-likeness (QED) is 0.317. The lowest BCUT2D eigenvalue weighted by Crippen LogP contribution is -2.22. The smallest absolute Gasteiger partial charge is 0.312 e. The maximum absolute atomic E-state index is 13.1. The maximum Gasteiger partial charge on any atom is 0.312 e. The van der Waals surface area contributed by atoms with Crippen LogP contribution in [-0.4, -0.2) is 38.2 Å². The zero-order chi connectivity index (χ0) is 23.7. The van der Waals surface area contributed by atoms with E-state index in [0.29, 0.717) is 39.0 Å². The third-order valence-corrected chi connectivity index (χ3v) is 5.81. The molecule has 1 heterocycles. The van der Waals surface area contributed by atoms with Gasteiger partial charge in [0.2, 0.25) is 5.75 Å². The standard InChI is InChI=1S/C25H21ClO7/c1-30-19-10-14(11-20(31-2)25(19)32-3)17-12-21(27)33-18-9-8-16(24(29)22(17)18)23(28)13-4-6-15(26)7-5-13/h4-11,17,29H,12H2,1-3H3. The minimum atomic E-state index is -0.604. The summed E-state index contributed by atoms with van der Waals surface area (Å²) in [5, 5.41) is 11.7. The minimum Gasteiger partial charge on any atom is -0.507 e. The monoisotopic (exact) mass is 468 g/mol. The normalized spacial score (nSPS) is 14.8. The van der Waals surface area contributed by atoms with Gasteiger partial charge in [-0.25, -0.2) is 0 Å². The molecule has 0 saturated heterocycles. The van der Waals surface area contributed by atoms with Gasteiger partial charge in [-0.1, -0.05) is 11.6 Å². The van der Waals surface area contributed by atoms with Crippen molar-refractivity contribution in [3.63, 3.8) is 0 Å². The molecule has 1 unspecified atom stereocenters. The van der Waals surface area contributed by atoms with Crippen molar-refractivity contribution >= 4 is 23.4 Å². The Morgan fingerprint density at radius 2 is 1.64 bits per heavy atom. The van der Waals surface area contributed by atoms with Crippen molar-refractivity contribution in [1.82, 2.24) is 0 Å². The van der Waals surface area contributed by atoms with Crippen molar-refractivity contribution in [3.05, 3.63) is 75.8 Å². The summed E-state index contributed by atoms with van der Waals surface area (Å²) in [4.78, 5) is 25.4. The maximum atomic E-state index is 13.1. The van der Waals surface area contributed by atoms with E-state index in [0.717, 1.165) is 0 Å². The van der Waals surface area contributed by atoms with Crippen LogP contribution in [0.25, 0.3) is 0 Å². The molecule has 0 radical (unpaired) electrons. The Balaban J connectivity index is 1.86. The van der Waals surface area contributed by atoms with Crippen LogP contribution in [0.1, 0.15) is 39.4 Å². The molecule has 1 aliphatic heterocycles. The Morgan fingerprint density at radius 1 is 1.00 bits per heavy atom. The molecule has 4 rings (SSSR count). The second-order valence-corrected chi connectivity index (χ2v) is 7.84. The van der Waals surface area contributed by atoms with Crippen LogP contribution in [0.5, 0.6) is 28.7 Å². The fourth-order valence-electron chi connectivity index (χ4n) is 3.98. The number of rotatable bonds is 6. The SMILES string of the molecule is COc1cc(C2CC(=O)Oc3ccc(C(=O)c4ccc(Cl)cc4)c(O)c32)cc(OC)c1OC. The molecule has 170 valence electrons. The number of phenolic OH excluding ortho intramolecular Hbond substituents is 1. The number of methoxy groups -OCH3 is 3. The van der Waals surface area contributed by atoms with Gasteiger partial charge in [-0.15, -0.1) is 0 Å². The summed E-state index contributed by atoms with van der Waals surface area (Å²) >= 11 is 5.92. The van der Waals surface area contributed by atoms with Gasteiger partial charge in [-0.2, -0.15) is 0 Å². The molecule has 0 fully saturated rings. The van der Waals surface area contributed by atoms with Gasteiger partial charge < -0.3 is 24.1 Å². The first kappa shape index (κ1) is 22.5. The average molecular weight is 469 g/mol. The number of benzene rings is 3. The number of fused-ring (bicyclic) bond motifs is 1. The van der Waals surface area contributed by atoms with Gasteiger partial charge in [0.05, 0.1) is 33.3 Å². The lowest BCUT2D eigenvalue weighted by molar-refractivity contribution is -0.135. The van der Waals surface area contributed by atoms with Crippen LogP contribution in [0.15, 0.2) is 48.5 Å². The van der Waals surface area contributed by atoms with E-state index in [1.807, 2.05) is 0 Å². The van der Waals surface area contributed by atoms with Gasteiger partial charge in [-0.3, -0.25) is 9.59 Å². The van der Waals surface area contributed by atoms with E-state index in [9.17, 15) is 14.7 Å². The van der Waals surface area contributed by atoms with Crippen molar-refractivity contribution < 1.29 is 33.6 Å². The second kappa shape index (κ2) is 9.03. The Labute approximate surface area is 195 Å². The summed E-state index contributed by atoms with van der Waals surface area (Å²) in [7, 11) is 4.48. The minimum absolute atomic E-state index is 0.0439. The first-order valence-electron chi connectivity index (χ1n) is 10.0. The number of phenols is 1. The zero-order valence-electron chi connectivity index (χ0n) is 18.2. The third-order valence-electron chi connectivity index (χ3n) is 5.56. The number of aromatic hydroxyl groups is 1. The molecular weight excluding hydrogens is 448 g/mol. The predicted molar refractivity (Wildman–Crippen MR) is 121 cm³/mol. The van der Waals surface area contributed by atoms with E-state index in [2.05, 4.69) is 0 Å². The first-order chi connectivity index (χ1) is 15.9. The highest BCUT2D eigenvalue weighted by Gasteiger charge is 2.34. The van der Waals surface area contributed by atoms with Gasteiger partial charge in [0.25, 0.3) is 0 Å². The molecule has 0 spiro atoms. The Hall–Kier alpha value is -3.71. The van der Waals surface area contributed by atoms with Crippen molar-refractivity contribution in [3.8, 4) is 28.7 Å². The highest BCUT2D eigenvalue weighted by molar-refractivity contribution is 6.30. The number of ether oxygens (including phenoxy) is 4. The van der Waals surface area contributed by atoms with Crippen LogP contribution in [0, 0.1) is 0 Å². The number of hydrogen-bond donors (Lipinski definition) is 1. The van der Waals surface area contributed by atoms with Crippen LogP contribution < -0.4 is 18.9 Å². The molecule has 1 aliphatic rings. The number of esters is 1. The summed E-state index contributed by atoms with van der Waals surface area (Å²) in [6.45, 7) is 0. The fourth-order valence-corrected chi connectivity index (χ4v) is 4.10. The third kappa shape index (κ3) is 4.07. The molecule has 8 heteroatoms. The second-order valence-electron chi connectivity index (χ2n) is 7.40. The molecule has 0 aliphatic carbocycles. The summed E-state index contributed by atoms with van der Waals surface area (Å²) in [6, 6.07) is 12.7. The first-order valence-corrected chi connectivity index (χ1v) is 10.4. The van der Waals surface area contributed by atoms with E-state index in [1.165, 1.54) is 33.5 Å². The van der Waals surface area contributed by atoms with Crippen LogP contribution in [-0.2, 0) is 4.79 Å². The lowest BCUT2D eigenvalue weighted by atomic mass is 9.83. The predicted octanol–water partition coefficient (Wildman–Crippen LogP) is 4.74. The number of ketones is 1. The number of carbonyl (C=O) groups excluding carboxylic acids is 2. The van der Waals surface area contributed by atoms with Crippen LogP contribution >= 0.6 is 11.6 Å². The van der Waals surface area contributed by atoms with E-state index < -0.39 is 11.9 Å². The topological polar surface area (TPSA) is 91.3 Å². The Kier molecular flexibility index (Phi) is 6.16. The van der Waals surface area contributed by atoms with Crippen LogP contribution in [0.3, 0.4) is 0 Å². The Morgan fingerprint density at radius 3 is 2.21 bits per heavy atom. The van der Waals surface area contributed by atoms with Crippen LogP contribution in [0.4, 0.5) is 0 Å². The van der Waals surface area contributed by atoms with Crippen LogP contribution in [0.2, 0.25) is 5.02 Å². The number of hydrogen-bond acceptors (Lipinski definition) is 7. The molecule has 3 aromatic rings. The van der Waals surface area contributed by atoms with Crippen molar-refractivity contribution in [2.24, 2.45) is 0 Å². The largest absolute Gasteiger partial charge is 0.507 e. The van der Waals surface area contributed by atoms with Gasteiger partial charge >= 0.3 is 5.97 Å². The molecule has 0 saturated carbocycles.